The van der Waals surface area contributed by atoms with Gasteiger partial charge in [-0.2, -0.15) is 4.31 Å². The summed E-state index contributed by atoms with van der Waals surface area (Å²) in [5.41, 5.74) is 3.62. The summed E-state index contributed by atoms with van der Waals surface area (Å²) in [6, 6.07) is 16.0. The third-order valence-corrected chi connectivity index (χ3v) is 8.64. The van der Waals surface area contributed by atoms with Crippen LogP contribution in [0.1, 0.15) is 36.3 Å². The third-order valence-electron chi connectivity index (χ3n) is 6.81. The second-order valence-electron chi connectivity index (χ2n) is 8.50. The van der Waals surface area contributed by atoms with Gasteiger partial charge >= 0.3 is 0 Å². The van der Waals surface area contributed by atoms with Crippen molar-refractivity contribution in [2.45, 2.75) is 42.2 Å². The van der Waals surface area contributed by atoms with E-state index in [2.05, 4.69) is 30.3 Å². The molecule has 0 radical (unpaired) electrons. The van der Waals surface area contributed by atoms with Crippen molar-refractivity contribution in [3.8, 4) is 0 Å². The van der Waals surface area contributed by atoms with Gasteiger partial charge in [-0.05, 0) is 48.1 Å². The number of benzene rings is 2. The van der Waals surface area contributed by atoms with Crippen molar-refractivity contribution in [3.05, 3.63) is 71.8 Å². The van der Waals surface area contributed by atoms with Gasteiger partial charge in [-0.15, -0.1) is 0 Å². The lowest BCUT2D eigenvalue weighted by molar-refractivity contribution is -0.158. The molecule has 1 amide bonds. The molecule has 2 saturated heterocycles. The van der Waals surface area contributed by atoms with Gasteiger partial charge in [0.15, 0.2) is 0 Å². The minimum Gasteiger partial charge on any atom is -0.394 e. The van der Waals surface area contributed by atoms with Crippen molar-refractivity contribution in [2.75, 3.05) is 19.7 Å². The smallest absolute Gasteiger partial charge is 0.243 e. The van der Waals surface area contributed by atoms with Gasteiger partial charge in [0.25, 0.3) is 0 Å². The molecular formula is C24H26N2O4S. The first-order valence-electron chi connectivity index (χ1n) is 10.8. The zero-order valence-electron chi connectivity index (χ0n) is 17.2. The number of fused-ring (bicyclic) bond motifs is 1. The first-order chi connectivity index (χ1) is 15.0. The zero-order valence-corrected chi connectivity index (χ0v) is 18.0. The molecule has 2 aromatic rings. The Morgan fingerprint density at radius 1 is 1.03 bits per heavy atom. The van der Waals surface area contributed by atoms with Gasteiger partial charge < -0.3 is 10.0 Å². The number of hydrogen-bond acceptors (Lipinski definition) is 4. The maximum atomic E-state index is 13.1. The van der Waals surface area contributed by atoms with Crippen molar-refractivity contribution in [2.24, 2.45) is 0 Å². The standard InChI is InChI=1S/C24H26N2O4S/c27-16-22-24(19-12-10-18(11-13-19)17-6-4-5-7-17)21-14-25(15-23(28)26(21)22)31(29,30)20-8-2-1-3-9-20/h1-3,6,8-13,21-22,24,27H,4-5,7,14-16H2/t21-,22-,24+/m0/s1. The molecule has 1 aliphatic carbocycles. The van der Waals surface area contributed by atoms with E-state index in [1.807, 2.05) is 0 Å². The molecule has 31 heavy (non-hydrogen) atoms. The molecule has 0 spiro atoms. The lowest BCUT2D eigenvalue weighted by Gasteiger charge is -2.58. The van der Waals surface area contributed by atoms with Crippen molar-refractivity contribution in [1.82, 2.24) is 9.21 Å². The average molecular weight is 439 g/mol. The normalized spacial score (nSPS) is 26.4. The van der Waals surface area contributed by atoms with Crippen LogP contribution >= 0.6 is 0 Å². The van der Waals surface area contributed by atoms with Crippen LogP contribution in [0.25, 0.3) is 5.57 Å². The predicted octanol–water partition coefficient (Wildman–Crippen LogP) is 2.61. The number of carbonyl (C=O) groups is 1. The minimum atomic E-state index is -3.75. The average Bonchev–Trinajstić information content (AvgIpc) is 3.31. The molecule has 1 N–H and O–H groups in total. The molecule has 3 aliphatic rings. The molecule has 5 rings (SSSR count). The van der Waals surface area contributed by atoms with Crippen molar-refractivity contribution >= 4 is 21.5 Å². The molecule has 162 valence electrons. The highest BCUT2D eigenvalue weighted by Gasteiger charge is 2.55. The molecule has 2 fully saturated rings. The summed E-state index contributed by atoms with van der Waals surface area (Å²) >= 11 is 0. The highest BCUT2D eigenvalue weighted by molar-refractivity contribution is 7.89. The first-order valence-corrected chi connectivity index (χ1v) is 12.2. The van der Waals surface area contributed by atoms with E-state index in [4.69, 9.17) is 0 Å². The fourth-order valence-corrected chi connectivity index (χ4v) is 6.68. The number of sulfonamides is 1. The Balaban J connectivity index is 1.41. The zero-order chi connectivity index (χ0) is 21.6. The molecule has 0 bridgehead atoms. The van der Waals surface area contributed by atoms with Gasteiger partial charge in [-0.3, -0.25) is 4.79 Å². The van der Waals surface area contributed by atoms with Crippen LogP contribution in [-0.4, -0.2) is 60.4 Å². The van der Waals surface area contributed by atoms with Crippen LogP contribution in [0.15, 0.2) is 65.6 Å². The number of nitrogens with zero attached hydrogens (tertiary/aromatic N) is 2. The summed E-state index contributed by atoms with van der Waals surface area (Å²) in [4.78, 5) is 14.7. The van der Waals surface area contributed by atoms with E-state index in [1.165, 1.54) is 21.9 Å². The van der Waals surface area contributed by atoms with Gasteiger partial charge in [-0.1, -0.05) is 48.5 Å². The van der Waals surface area contributed by atoms with Crippen LogP contribution in [0, 0.1) is 0 Å². The molecule has 0 saturated carbocycles. The topological polar surface area (TPSA) is 77.9 Å². The van der Waals surface area contributed by atoms with Gasteiger partial charge in [0.2, 0.25) is 15.9 Å². The number of aliphatic hydroxyl groups is 1. The molecule has 7 heteroatoms. The quantitative estimate of drug-likeness (QED) is 0.779. The monoisotopic (exact) mass is 438 g/mol. The number of rotatable bonds is 5. The van der Waals surface area contributed by atoms with Gasteiger partial charge in [0.05, 0.1) is 30.1 Å². The Hall–Kier alpha value is -2.48. The molecule has 0 aromatic heterocycles. The Bertz CT molecular complexity index is 1110. The van der Waals surface area contributed by atoms with Crippen LogP contribution < -0.4 is 0 Å². The van der Waals surface area contributed by atoms with Crippen LogP contribution in [0.5, 0.6) is 0 Å². The van der Waals surface area contributed by atoms with E-state index in [0.717, 1.165) is 18.4 Å². The number of piperazine rings is 1. The van der Waals surface area contributed by atoms with Gasteiger partial charge in [0, 0.05) is 12.5 Å². The van der Waals surface area contributed by atoms with Crippen LogP contribution in [0.4, 0.5) is 0 Å². The highest BCUT2D eigenvalue weighted by atomic mass is 32.2. The van der Waals surface area contributed by atoms with E-state index >= 15 is 0 Å². The lowest BCUT2D eigenvalue weighted by atomic mass is 9.74. The fraction of sp³-hybridized carbons (Fsp3) is 0.375. The fourth-order valence-electron chi connectivity index (χ4n) is 5.25. The van der Waals surface area contributed by atoms with E-state index in [1.54, 1.807) is 35.2 Å². The van der Waals surface area contributed by atoms with Gasteiger partial charge in [0.1, 0.15) is 0 Å². The SMILES string of the molecule is O=C1CN(S(=O)(=O)c2ccccc2)C[C@H]2[C@@H](c3ccc(C4=CCCC4)cc3)[C@H](CO)N12. The Morgan fingerprint density at radius 3 is 2.42 bits per heavy atom. The molecule has 0 unspecified atom stereocenters. The molecule has 2 aliphatic heterocycles. The van der Waals surface area contributed by atoms with Crippen LogP contribution in [0.3, 0.4) is 0 Å². The number of aliphatic hydroxyl groups excluding tert-OH is 1. The minimum absolute atomic E-state index is 0.0886. The van der Waals surface area contributed by atoms with E-state index in [9.17, 15) is 18.3 Å². The van der Waals surface area contributed by atoms with Crippen molar-refractivity contribution in [3.63, 3.8) is 0 Å². The van der Waals surface area contributed by atoms with Crippen LogP contribution in [0.2, 0.25) is 0 Å². The maximum absolute atomic E-state index is 13.1. The molecule has 2 aromatic carbocycles. The Labute approximate surface area is 182 Å². The summed E-state index contributed by atoms with van der Waals surface area (Å²) in [6.07, 6.45) is 5.69. The molecule has 6 nitrogen and oxygen atoms in total. The Kier molecular flexibility index (Phi) is 5.20. The van der Waals surface area contributed by atoms with E-state index < -0.39 is 10.0 Å². The number of allylic oxidation sites excluding steroid dienone is 2. The second-order valence-corrected chi connectivity index (χ2v) is 10.4. The number of carbonyl (C=O) groups excluding carboxylic acids is 1. The molecule has 2 heterocycles. The maximum Gasteiger partial charge on any atom is 0.243 e. The predicted molar refractivity (Wildman–Crippen MR) is 118 cm³/mol. The van der Waals surface area contributed by atoms with E-state index in [-0.39, 0.29) is 48.5 Å². The summed E-state index contributed by atoms with van der Waals surface area (Å²) in [7, 11) is -3.75. The second kappa shape index (κ2) is 7.89. The summed E-state index contributed by atoms with van der Waals surface area (Å²) in [5, 5.41) is 9.97. The van der Waals surface area contributed by atoms with Gasteiger partial charge in [-0.25, -0.2) is 8.42 Å². The lowest BCUT2D eigenvalue weighted by Crippen LogP contribution is -2.73. The molecular weight excluding hydrogens is 412 g/mol. The summed E-state index contributed by atoms with van der Waals surface area (Å²) in [5.74, 6) is -0.340. The summed E-state index contributed by atoms with van der Waals surface area (Å²) in [6.45, 7) is -0.0909. The third kappa shape index (κ3) is 3.41. The first kappa shape index (κ1) is 20.4. The molecule has 3 atom stereocenters. The van der Waals surface area contributed by atoms with Crippen molar-refractivity contribution in [1.29, 1.82) is 0 Å². The van der Waals surface area contributed by atoms with Crippen molar-refractivity contribution < 1.29 is 18.3 Å². The number of amides is 1. The Morgan fingerprint density at radius 2 is 1.77 bits per heavy atom. The number of hydrogen-bond donors (Lipinski definition) is 1. The highest BCUT2D eigenvalue weighted by Crippen LogP contribution is 2.44. The summed E-state index contributed by atoms with van der Waals surface area (Å²) < 4.78 is 27.5. The van der Waals surface area contributed by atoms with E-state index in [0.29, 0.717) is 0 Å². The van der Waals surface area contributed by atoms with Crippen LogP contribution in [-0.2, 0) is 14.8 Å². The largest absolute Gasteiger partial charge is 0.394 e.